The maximum Gasteiger partial charge on any atom is 0.156 e. The number of hydrogen-bond donors (Lipinski definition) is 1. The molecule has 1 unspecified atom stereocenters. The van der Waals surface area contributed by atoms with Gasteiger partial charge >= 0.3 is 0 Å². The average molecular weight is 90.1 g/mol. The first-order valence-corrected chi connectivity index (χ1v) is 1.69. The standard InChI is InChI=1S/C3H6O2.CH4/c4-3-1-2-5-3;/h3-4H,1-2H2;1H4. The van der Waals surface area contributed by atoms with E-state index >= 15 is 0 Å². The van der Waals surface area contributed by atoms with Crippen molar-refractivity contribution in [1.82, 2.24) is 0 Å². The third kappa shape index (κ3) is 0.954. The zero-order valence-corrected chi connectivity index (χ0v) is 2.85. The van der Waals surface area contributed by atoms with Crippen LogP contribution < -0.4 is 0 Å². The zero-order valence-electron chi connectivity index (χ0n) is 2.85. The van der Waals surface area contributed by atoms with Crippen LogP contribution in [0.2, 0.25) is 0 Å². The van der Waals surface area contributed by atoms with Gasteiger partial charge in [-0.05, 0) is 0 Å². The summed E-state index contributed by atoms with van der Waals surface area (Å²) >= 11 is 0. The van der Waals surface area contributed by atoms with Gasteiger partial charge in [-0.15, -0.1) is 0 Å². The highest BCUT2D eigenvalue weighted by Crippen LogP contribution is 2.04. The van der Waals surface area contributed by atoms with Crippen LogP contribution in [0.3, 0.4) is 0 Å². The molecule has 38 valence electrons. The highest BCUT2D eigenvalue weighted by molar-refractivity contribution is 4.49. The lowest BCUT2D eigenvalue weighted by atomic mass is 10.4. The molecule has 1 rings (SSSR count). The van der Waals surface area contributed by atoms with E-state index in [1.165, 1.54) is 0 Å². The molecule has 1 aliphatic rings. The summed E-state index contributed by atoms with van der Waals surface area (Å²) in [6.45, 7) is 0.737. The summed E-state index contributed by atoms with van der Waals surface area (Å²) in [5.41, 5.74) is 0. The van der Waals surface area contributed by atoms with Gasteiger partial charge < -0.3 is 9.84 Å². The Morgan fingerprint density at radius 3 is 2.00 bits per heavy atom. The van der Waals surface area contributed by atoms with Crippen molar-refractivity contribution in [3.8, 4) is 0 Å². The van der Waals surface area contributed by atoms with Gasteiger partial charge in [-0.3, -0.25) is 0 Å². The minimum Gasteiger partial charge on any atom is -0.368 e. The fraction of sp³-hybridized carbons (Fsp3) is 1.00. The van der Waals surface area contributed by atoms with Crippen molar-refractivity contribution in [1.29, 1.82) is 0 Å². The molecule has 0 amide bonds. The molecule has 0 aromatic rings. The summed E-state index contributed by atoms with van der Waals surface area (Å²) in [6.07, 6.45) is 0.384. The van der Waals surface area contributed by atoms with Crippen LogP contribution in [0.1, 0.15) is 13.8 Å². The largest absolute Gasteiger partial charge is 0.368 e. The lowest BCUT2D eigenvalue weighted by Gasteiger charge is -2.19. The molecule has 1 aliphatic heterocycles. The lowest BCUT2D eigenvalue weighted by Crippen LogP contribution is -2.25. The minimum atomic E-state index is -0.435. The van der Waals surface area contributed by atoms with Crippen molar-refractivity contribution in [3.63, 3.8) is 0 Å². The van der Waals surface area contributed by atoms with Crippen molar-refractivity contribution >= 4 is 0 Å². The molecule has 1 fully saturated rings. The van der Waals surface area contributed by atoms with Crippen molar-refractivity contribution in [2.24, 2.45) is 0 Å². The molecule has 0 radical (unpaired) electrons. The monoisotopic (exact) mass is 90.1 g/mol. The highest BCUT2D eigenvalue weighted by atomic mass is 16.6. The Hall–Kier alpha value is -0.0800. The van der Waals surface area contributed by atoms with Crippen LogP contribution >= 0.6 is 0 Å². The van der Waals surface area contributed by atoms with Crippen LogP contribution in [0.5, 0.6) is 0 Å². The SMILES string of the molecule is C.OC1CCO1. The fourth-order valence-corrected chi connectivity index (χ4v) is 0.223. The van der Waals surface area contributed by atoms with Gasteiger partial charge in [0, 0.05) is 6.42 Å². The van der Waals surface area contributed by atoms with Crippen LogP contribution in [0, 0.1) is 0 Å². The van der Waals surface area contributed by atoms with Crippen LogP contribution in [-0.4, -0.2) is 18.0 Å². The number of aliphatic hydroxyl groups excluding tert-OH is 1. The van der Waals surface area contributed by atoms with Gasteiger partial charge in [0.05, 0.1) is 6.61 Å². The second kappa shape index (κ2) is 2.16. The maximum absolute atomic E-state index is 8.23. The van der Waals surface area contributed by atoms with E-state index < -0.39 is 6.29 Å². The number of hydrogen-bond acceptors (Lipinski definition) is 2. The van der Waals surface area contributed by atoms with Crippen LogP contribution in [0.15, 0.2) is 0 Å². The topological polar surface area (TPSA) is 29.5 Å². The fourth-order valence-electron chi connectivity index (χ4n) is 0.223. The predicted molar refractivity (Wildman–Crippen MR) is 23.3 cm³/mol. The van der Waals surface area contributed by atoms with Crippen molar-refractivity contribution in [2.45, 2.75) is 20.1 Å². The second-order valence-corrected chi connectivity index (χ2v) is 1.11. The van der Waals surface area contributed by atoms with Crippen LogP contribution in [-0.2, 0) is 4.74 Å². The van der Waals surface area contributed by atoms with Gasteiger partial charge in [-0.2, -0.15) is 0 Å². The molecule has 0 aromatic carbocycles. The molecule has 2 heteroatoms. The van der Waals surface area contributed by atoms with E-state index in [0.29, 0.717) is 0 Å². The Kier molecular flexibility index (Phi) is 2.13. The first kappa shape index (κ1) is 5.92. The Morgan fingerprint density at radius 1 is 1.67 bits per heavy atom. The Labute approximate surface area is 37.7 Å². The number of aliphatic hydroxyl groups is 1. The Balaban J connectivity index is 0.000000250. The molecule has 6 heavy (non-hydrogen) atoms. The smallest absolute Gasteiger partial charge is 0.156 e. The van der Waals surface area contributed by atoms with Gasteiger partial charge in [-0.1, -0.05) is 7.43 Å². The molecule has 0 aliphatic carbocycles. The molecule has 1 atom stereocenters. The second-order valence-electron chi connectivity index (χ2n) is 1.11. The van der Waals surface area contributed by atoms with Crippen LogP contribution in [0.4, 0.5) is 0 Å². The third-order valence-electron chi connectivity index (χ3n) is 0.675. The van der Waals surface area contributed by atoms with E-state index in [2.05, 4.69) is 4.74 Å². The van der Waals surface area contributed by atoms with Gasteiger partial charge in [-0.25, -0.2) is 0 Å². The zero-order chi connectivity index (χ0) is 3.70. The predicted octanol–water partition coefficient (Wildman–Crippen LogP) is 0.361. The quantitative estimate of drug-likeness (QED) is 0.465. The van der Waals surface area contributed by atoms with Crippen molar-refractivity contribution < 1.29 is 9.84 Å². The van der Waals surface area contributed by atoms with Gasteiger partial charge in [0.2, 0.25) is 0 Å². The van der Waals surface area contributed by atoms with E-state index in [4.69, 9.17) is 5.11 Å². The van der Waals surface area contributed by atoms with E-state index in [1.54, 1.807) is 0 Å². The molecule has 1 saturated heterocycles. The molecule has 1 N–H and O–H groups in total. The summed E-state index contributed by atoms with van der Waals surface area (Å²) in [6, 6.07) is 0. The van der Waals surface area contributed by atoms with Gasteiger partial charge in [0.15, 0.2) is 6.29 Å². The maximum atomic E-state index is 8.23. The van der Waals surface area contributed by atoms with Gasteiger partial charge in [0.25, 0.3) is 0 Å². The molecular formula is C4H10O2. The summed E-state index contributed by atoms with van der Waals surface area (Å²) in [4.78, 5) is 0. The van der Waals surface area contributed by atoms with E-state index in [9.17, 15) is 0 Å². The molecule has 2 nitrogen and oxygen atoms in total. The molecule has 0 saturated carbocycles. The summed E-state index contributed by atoms with van der Waals surface area (Å²) in [7, 11) is 0. The van der Waals surface area contributed by atoms with Crippen molar-refractivity contribution in [2.75, 3.05) is 6.61 Å². The molecule has 0 spiro atoms. The molecule has 0 aromatic heterocycles. The number of rotatable bonds is 0. The van der Waals surface area contributed by atoms with E-state index in [0.717, 1.165) is 13.0 Å². The first-order chi connectivity index (χ1) is 2.39. The first-order valence-electron chi connectivity index (χ1n) is 1.69. The minimum absolute atomic E-state index is 0. The van der Waals surface area contributed by atoms with E-state index in [-0.39, 0.29) is 7.43 Å². The van der Waals surface area contributed by atoms with Crippen molar-refractivity contribution in [3.05, 3.63) is 0 Å². The lowest BCUT2D eigenvalue weighted by molar-refractivity contribution is -0.182. The van der Waals surface area contributed by atoms with E-state index in [1.807, 2.05) is 0 Å². The normalized spacial score (nSPS) is 30.5. The Bertz CT molecular complexity index is 32.5. The summed E-state index contributed by atoms with van der Waals surface area (Å²) < 4.78 is 4.49. The van der Waals surface area contributed by atoms with Gasteiger partial charge in [0.1, 0.15) is 0 Å². The molecule has 1 heterocycles. The third-order valence-corrected chi connectivity index (χ3v) is 0.675. The summed E-state index contributed by atoms with van der Waals surface area (Å²) in [5.74, 6) is 0. The average Bonchev–Trinajstić information content (AvgIpc) is 1.30. The molecular weight excluding hydrogens is 80.0 g/mol. The number of ether oxygens (including phenoxy) is 1. The Morgan fingerprint density at radius 2 is 2.00 bits per heavy atom. The molecule has 0 bridgehead atoms. The summed E-state index contributed by atoms with van der Waals surface area (Å²) in [5, 5.41) is 8.23. The van der Waals surface area contributed by atoms with Crippen LogP contribution in [0.25, 0.3) is 0 Å². The highest BCUT2D eigenvalue weighted by Gasteiger charge is 2.11.